The molecule has 172 valence electrons. The highest BCUT2D eigenvalue weighted by atomic mass is 19.3. The van der Waals surface area contributed by atoms with Gasteiger partial charge < -0.3 is 25.3 Å². The molecule has 0 spiro atoms. The van der Waals surface area contributed by atoms with Crippen molar-refractivity contribution in [2.75, 3.05) is 12.4 Å². The number of amides is 2. The second-order valence-corrected chi connectivity index (χ2v) is 6.30. The minimum absolute atomic E-state index is 0.0385. The molecule has 0 radical (unpaired) electrons. The van der Waals surface area contributed by atoms with E-state index in [-0.39, 0.29) is 28.7 Å². The van der Waals surface area contributed by atoms with Crippen molar-refractivity contribution < 1.29 is 41.4 Å². The third-order valence-corrected chi connectivity index (χ3v) is 4.16. The molecule has 1 aromatic heterocycles. The third kappa shape index (κ3) is 5.47. The van der Waals surface area contributed by atoms with Crippen LogP contribution < -0.4 is 25.3 Å². The smallest absolute Gasteiger partial charge is 0.387 e. The summed E-state index contributed by atoms with van der Waals surface area (Å²) in [5.74, 6) is -4.69. The monoisotopic (exact) mass is 465 g/mol. The molecule has 0 unspecified atom stereocenters. The van der Waals surface area contributed by atoms with Gasteiger partial charge in [-0.1, -0.05) is 0 Å². The average Bonchev–Trinajstić information content (AvgIpc) is 2.75. The molecule has 3 rings (SSSR count). The van der Waals surface area contributed by atoms with Gasteiger partial charge in [0.05, 0.1) is 25.1 Å². The molecule has 0 fully saturated rings. The minimum Gasteiger partial charge on any atom is -0.493 e. The van der Waals surface area contributed by atoms with Gasteiger partial charge in [0.2, 0.25) is 0 Å². The SMILES string of the molecule is COc1cc(OC(F)F)ccc1Oc1cncc(F)c1C(=O)Nc1ccc(F)c(C(N)=O)c1. The van der Waals surface area contributed by atoms with Gasteiger partial charge in [0.25, 0.3) is 11.8 Å². The predicted molar refractivity (Wildman–Crippen MR) is 107 cm³/mol. The van der Waals surface area contributed by atoms with Gasteiger partial charge in [-0.25, -0.2) is 8.78 Å². The lowest BCUT2D eigenvalue weighted by Crippen LogP contribution is -2.17. The molecule has 1 heterocycles. The Morgan fingerprint density at radius 3 is 2.42 bits per heavy atom. The normalized spacial score (nSPS) is 10.6. The molecule has 2 amide bonds. The number of aromatic nitrogens is 1. The quantitative estimate of drug-likeness (QED) is 0.484. The molecule has 3 aromatic rings. The molecule has 0 aliphatic heterocycles. The molecule has 33 heavy (non-hydrogen) atoms. The van der Waals surface area contributed by atoms with Crippen LogP contribution in [0, 0.1) is 11.6 Å². The number of methoxy groups -OCH3 is 1. The van der Waals surface area contributed by atoms with E-state index in [1.165, 1.54) is 13.2 Å². The molecule has 0 saturated carbocycles. The summed E-state index contributed by atoms with van der Waals surface area (Å²) >= 11 is 0. The number of anilines is 1. The number of rotatable bonds is 8. The molecular weight excluding hydrogens is 450 g/mol. The van der Waals surface area contributed by atoms with Gasteiger partial charge in [-0.15, -0.1) is 0 Å². The maximum Gasteiger partial charge on any atom is 0.387 e. The molecule has 0 atom stereocenters. The lowest BCUT2D eigenvalue weighted by Gasteiger charge is -2.15. The summed E-state index contributed by atoms with van der Waals surface area (Å²) in [6.07, 6.45) is 1.80. The first-order valence-electron chi connectivity index (χ1n) is 9.04. The van der Waals surface area contributed by atoms with Crippen molar-refractivity contribution in [2.45, 2.75) is 6.61 Å². The zero-order valence-electron chi connectivity index (χ0n) is 16.8. The Morgan fingerprint density at radius 2 is 1.76 bits per heavy atom. The van der Waals surface area contributed by atoms with Gasteiger partial charge in [0, 0.05) is 11.8 Å². The van der Waals surface area contributed by atoms with Crippen LogP contribution in [0.1, 0.15) is 20.7 Å². The molecular formula is C21H15F4N3O5. The summed E-state index contributed by atoms with van der Waals surface area (Å²) < 4.78 is 67.9. The third-order valence-electron chi connectivity index (χ3n) is 4.16. The molecule has 8 nitrogen and oxygen atoms in total. The van der Waals surface area contributed by atoms with E-state index in [1.54, 1.807) is 0 Å². The Hall–Kier alpha value is -4.35. The van der Waals surface area contributed by atoms with Gasteiger partial charge in [0.15, 0.2) is 23.1 Å². The Balaban J connectivity index is 1.92. The number of hydrogen-bond donors (Lipinski definition) is 2. The molecule has 2 aromatic carbocycles. The van der Waals surface area contributed by atoms with E-state index < -0.39 is 41.2 Å². The number of nitrogens with two attached hydrogens (primary N) is 1. The van der Waals surface area contributed by atoms with Crippen molar-refractivity contribution in [2.24, 2.45) is 5.73 Å². The highest BCUT2D eigenvalue weighted by Crippen LogP contribution is 2.36. The fraction of sp³-hybridized carbons (Fsp3) is 0.0952. The van der Waals surface area contributed by atoms with Crippen molar-refractivity contribution in [3.05, 3.63) is 71.6 Å². The van der Waals surface area contributed by atoms with Crippen LogP contribution in [-0.4, -0.2) is 30.5 Å². The summed E-state index contributed by atoms with van der Waals surface area (Å²) in [4.78, 5) is 27.7. The number of carbonyl (C=O) groups is 2. The number of primary amides is 1. The summed E-state index contributed by atoms with van der Waals surface area (Å²) in [6, 6.07) is 6.51. The molecule has 0 bridgehead atoms. The second kappa shape index (κ2) is 9.85. The van der Waals surface area contributed by atoms with E-state index in [1.807, 2.05) is 0 Å². The number of nitrogens with one attached hydrogen (secondary N) is 1. The topological polar surface area (TPSA) is 113 Å². The predicted octanol–water partition coefficient (Wildman–Crippen LogP) is 4.11. The number of carbonyl (C=O) groups excluding carboxylic acids is 2. The fourth-order valence-corrected chi connectivity index (χ4v) is 2.73. The highest BCUT2D eigenvalue weighted by Gasteiger charge is 2.22. The van der Waals surface area contributed by atoms with Crippen molar-refractivity contribution in [1.29, 1.82) is 0 Å². The molecule has 0 aliphatic carbocycles. The van der Waals surface area contributed by atoms with E-state index in [0.717, 1.165) is 42.7 Å². The second-order valence-electron chi connectivity index (χ2n) is 6.30. The summed E-state index contributed by atoms with van der Waals surface area (Å²) in [5.41, 5.74) is 3.99. The van der Waals surface area contributed by atoms with Crippen LogP contribution >= 0.6 is 0 Å². The van der Waals surface area contributed by atoms with Gasteiger partial charge >= 0.3 is 6.61 Å². The summed E-state index contributed by atoms with van der Waals surface area (Å²) in [6.45, 7) is -3.06. The van der Waals surface area contributed by atoms with Crippen LogP contribution in [0.5, 0.6) is 23.0 Å². The largest absolute Gasteiger partial charge is 0.493 e. The van der Waals surface area contributed by atoms with Crippen LogP contribution in [-0.2, 0) is 0 Å². The van der Waals surface area contributed by atoms with Gasteiger partial charge in [-0.05, 0) is 30.3 Å². The number of ether oxygens (including phenoxy) is 3. The molecule has 0 aliphatic rings. The summed E-state index contributed by atoms with van der Waals surface area (Å²) in [5, 5.41) is 2.31. The highest BCUT2D eigenvalue weighted by molar-refractivity contribution is 6.07. The Kier molecular flexibility index (Phi) is 6.96. The minimum atomic E-state index is -3.06. The van der Waals surface area contributed by atoms with E-state index in [4.69, 9.17) is 15.2 Å². The van der Waals surface area contributed by atoms with Crippen molar-refractivity contribution in [3.8, 4) is 23.0 Å². The Morgan fingerprint density at radius 1 is 1.00 bits per heavy atom. The zero-order valence-corrected chi connectivity index (χ0v) is 16.8. The fourth-order valence-electron chi connectivity index (χ4n) is 2.73. The Labute approximate surface area is 183 Å². The maximum absolute atomic E-state index is 14.5. The number of hydrogen-bond acceptors (Lipinski definition) is 6. The number of nitrogens with zero attached hydrogens (tertiary/aromatic N) is 1. The first kappa shape index (κ1) is 23.3. The van der Waals surface area contributed by atoms with Crippen LogP contribution in [0.15, 0.2) is 48.8 Å². The van der Waals surface area contributed by atoms with Crippen LogP contribution in [0.4, 0.5) is 23.2 Å². The number of alkyl halides is 2. The van der Waals surface area contributed by atoms with E-state index in [2.05, 4.69) is 15.0 Å². The van der Waals surface area contributed by atoms with Crippen LogP contribution in [0.2, 0.25) is 0 Å². The van der Waals surface area contributed by atoms with E-state index >= 15 is 0 Å². The number of benzene rings is 2. The van der Waals surface area contributed by atoms with E-state index in [9.17, 15) is 27.2 Å². The number of halogens is 4. The molecule has 12 heteroatoms. The van der Waals surface area contributed by atoms with Crippen molar-refractivity contribution in [1.82, 2.24) is 4.98 Å². The van der Waals surface area contributed by atoms with Gasteiger partial charge in [-0.2, -0.15) is 8.78 Å². The van der Waals surface area contributed by atoms with E-state index in [0.29, 0.717) is 0 Å². The van der Waals surface area contributed by atoms with Crippen molar-refractivity contribution >= 4 is 17.5 Å². The maximum atomic E-state index is 14.5. The zero-order chi connectivity index (χ0) is 24.1. The first-order valence-corrected chi connectivity index (χ1v) is 9.04. The average molecular weight is 465 g/mol. The standard InChI is InChI=1S/C21H15F4N3O5/c1-31-16-7-11(32-21(24)25)3-5-15(16)33-17-9-27-8-14(23)18(17)20(30)28-10-2-4-13(22)12(6-10)19(26)29/h2-9,21H,1H3,(H2,26,29)(H,28,30). The molecule has 3 N–H and O–H groups in total. The van der Waals surface area contributed by atoms with Gasteiger partial charge in [0.1, 0.15) is 17.1 Å². The van der Waals surface area contributed by atoms with Gasteiger partial charge in [-0.3, -0.25) is 14.6 Å². The molecule has 0 saturated heterocycles. The summed E-state index contributed by atoms with van der Waals surface area (Å²) in [7, 11) is 1.23. The first-order chi connectivity index (χ1) is 15.7. The lowest BCUT2D eigenvalue weighted by molar-refractivity contribution is -0.0499. The number of pyridine rings is 1. The van der Waals surface area contributed by atoms with Crippen LogP contribution in [0.3, 0.4) is 0 Å². The lowest BCUT2D eigenvalue weighted by atomic mass is 10.1. The van der Waals surface area contributed by atoms with Crippen molar-refractivity contribution in [3.63, 3.8) is 0 Å². The van der Waals surface area contributed by atoms with Crippen LogP contribution in [0.25, 0.3) is 0 Å². The Bertz CT molecular complexity index is 1210.